The molecule has 0 unspecified atom stereocenters. The van der Waals surface area contributed by atoms with Crippen LogP contribution in [0, 0.1) is 13.8 Å². The zero-order valence-electron chi connectivity index (χ0n) is 16.1. The van der Waals surface area contributed by atoms with Gasteiger partial charge in [-0.1, -0.05) is 31.4 Å². The third-order valence-corrected chi connectivity index (χ3v) is 5.80. The lowest BCUT2D eigenvalue weighted by atomic mass is 9.85. The SMILES string of the molecule is COc1ccc(Cc2c(C3CCCCC3)nc3ccc(C)cn23)c(C)c1. The van der Waals surface area contributed by atoms with Gasteiger partial charge in [0, 0.05) is 18.5 Å². The van der Waals surface area contributed by atoms with Crippen LogP contribution in [0.1, 0.15) is 66.1 Å². The molecule has 0 radical (unpaired) electrons. The lowest BCUT2D eigenvalue weighted by Gasteiger charge is -2.21. The van der Waals surface area contributed by atoms with Crippen LogP contribution in [0.15, 0.2) is 36.5 Å². The summed E-state index contributed by atoms with van der Waals surface area (Å²) in [6, 6.07) is 10.7. The van der Waals surface area contributed by atoms with Crippen molar-refractivity contribution in [1.29, 1.82) is 0 Å². The first kappa shape index (κ1) is 17.1. The Morgan fingerprint density at radius 1 is 1.08 bits per heavy atom. The van der Waals surface area contributed by atoms with Crippen LogP contribution in [0.2, 0.25) is 0 Å². The van der Waals surface area contributed by atoms with Gasteiger partial charge in [0.2, 0.25) is 0 Å². The third-order valence-electron chi connectivity index (χ3n) is 5.80. The number of nitrogens with zero attached hydrogens (tertiary/aromatic N) is 2. The van der Waals surface area contributed by atoms with E-state index in [0.29, 0.717) is 5.92 Å². The van der Waals surface area contributed by atoms with Gasteiger partial charge in [-0.3, -0.25) is 0 Å². The molecule has 136 valence electrons. The van der Waals surface area contributed by atoms with Crippen molar-refractivity contribution in [2.45, 2.75) is 58.3 Å². The van der Waals surface area contributed by atoms with Crippen molar-refractivity contribution in [2.75, 3.05) is 7.11 Å². The standard InChI is InChI=1S/C23H28N2O/c1-16-9-12-22-24-23(18-7-5-4-6-8-18)21(25(22)15-16)14-19-10-11-20(26-3)13-17(19)2/h9-13,15,18H,4-8,14H2,1-3H3. The molecule has 3 nitrogen and oxygen atoms in total. The van der Waals surface area contributed by atoms with E-state index in [9.17, 15) is 0 Å². The van der Waals surface area contributed by atoms with E-state index in [1.807, 2.05) is 0 Å². The maximum absolute atomic E-state index is 5.37. The van der Waals surface area contributed by atoms with Crippen molar-refractivity contribution in [2.24, 2.45) is 0 Å². The predicted molar refractivity (Wildman–Crippen MR) is 106 cm³/mol. The number of hydrogen-bond donors (Lipinski definition) is 0. The minimum atomic E-state index is 0.609. The average Bonchev–Trinajstić information content (AvgIpc) is 3.02. The largest absolute Gasteiger partial charge is 0.497 e. The quantitative estimate of drug-likeness (QED) is 0.613. The van der Waals surface area contributed by atoms with Gasteiger partial charge in [-0.05, 0) is 61.6 Å². The van der Waals surface area contributed by atoms with Crippen molar-refractivity contribution in [3.63, 3.8) is 0 Å². The number of imidazole rings is 1. The van der Waals surface area contributed by atoms with Gasteiger partial charge >= 0.3 is 0 Å². The maximum atomic E-state index is 5.37. The first-order chi connectivity index (χ1) is 12.7. The molecule has 2 heterocycles. The van der Waals surface area contributed by atoms with Crippen LogP contribution in [0.3, 0.4) is 0 Å². The molecule has 0 saturated heterocycles. The molecule has 0 atom stereocenters. The fourth-order valence-electron chi connectivity index (χ4n) is 4.27. The van der Waals surface area contributed by atoms with Crippen molar-refractivity contribution in [3.8, 4) is 5.75 Å². The van der Waals surface area contributed by atoms with Crippen LogP contribution in [0.5, 0.6) is 5.75 Å². The van der Waals surface area contributed by atoms with Crippen molar-refractivity contribution < 1.29 is 4.74 Å². The third kappa shape index (κ3) is 3.23. The van der Waals surface area contributed by atoms with Crippen LogP contribution < -0.4 is 4.74 Å². The fraction of sp³-hybridized carbons (Fsp3) is 0.435. The molecule has 4 rings (SSSR count). The minimum Gasteiger partial charge on any atom is -0.497 e. The second kappa shape index (κ2) is 7.14. The molecule has 3 heteroatoms. The first-order valence-electron chi connectivity index (χ1n) is 9.76. The summed E-state index contributed by atoms with van der Waals surface area (Å²) in [6.45, 7) is 4.33. The zero-order chi connectivity index (χ0) is 18.1. The number of rotatable bonds is 4. The minimum absolute atomic E-state index is 0.609. The van der Waals surface area contributed by atoms with Crippen LogP contribution in [0.4, 0.5) is 0 Å². The number of ether oxygens (including phenoxy) is 1. The molecule has 1 aliphatic rings. The van der Waals surface area contributed by atoms with E-state index >= 15 is 0 Å². The zero-order valence-corrected chi connectivity index (χ0v) is 16.1. The topological polar surface area (TPSA) is 26.5 Å². The molecule has 0 N–H and O–H groups in total. The maximum Gasteiger partial charge on any atom is 0.137 e. The Morgan fingerprint density at radius 2 is 1.88 bits per heavy atom. The Balaban J connectivity index is 1.79. The summed E-state index contributed by atoms with van der Waals surface area (Å²) in [6.07, 6.45) is 9.75. The van der Waals surface area contributed by atoms with E-state index in [2.05, 4.69) is 54.8 Å². The highest BCUT2D eigenvalue weighted by molar-refractivity contribution is 5.48. The van der Waals surface area contributed by atoms with E-state index in [4.69, 9.17) is 9.72 Å². The highest BCUT2D eigenvalue weighted by Gasteiger charge is 2.23. The van der Waals surface area contributed by atoms with E-state index in [1.54, 1.807) is 7.11 Å². The molecule has 1 saturated carbocycles. The van der Waals surface area contributed by atoms with E-state index in [1.165, 1.54) is 60.2 Å². The summed E-state index contributed by atoms with van der Waals surface area (Å²) in [5, 5.41) is 0. The van der Waals surface area contributed by atoms with Crippen molar-refractivity contribution >= 4 is 5.65 Å². The van der Waals surface area contributed by atoms with Crippen LogP contribution >= 0.6 is 0 Å². The Labute approximate surface area is 156 Å². The number of methoxy groups -OCH3 is 1. The van der Waals surface area contributed by atoms with E-state index in [0.717, 1.165) is 17.8 Å². The Kier molecular flexibility index (Phi) is 4.71. The highest BCUT2D eigenvalue weighted by atomic mass is 16.5. The molecular formula is C23H28N2O. The molecule has 1 aromatic carbocycles. The average molecular weight is 348 g/mol. The summed E-state index contributed by atoms with van der Waals surface area (Å²) in [4.78, 5) is 5.08. The smallest absolute Gasteiger partial charge is 0.137 e. The Bertz CT molecular complexity index is 919. The van der Waals surface area contributed by atoms with E-state index in [-0.39, 0.29) is 0 Å². The van der Waals surface area contributed by atoms with Crippen LogP contribution in [0.25, 0.3) is 5.65 Å². The van der Waals surface area contributed by atoms with Gasteiger partial charge in [0.15, 0.2) is 0 Å². The second-order valence-corrected chi connectivity index (χ2v) is 7.68. The summed E-state index contributed by atoms with van der Waals surface area (Å²) >= 11 is 0. The van der Waals surface area contributed by atoms with Gasteiger partial charge in [-0.2, -0.15) is 0 Å². The Hall–Kier alpha value is -2.29. The number of aryl methyl sites for hydroxylation is 2. The van der Waals surface area contributed by atoms with Gasteiger partial charge in [-0.25, -0.2) is 4.98 Å². The molecule has 0 aliphatic heterocycles. The number of fused-ring (bicyclic) bond motifs is 1. The summed E-state index contributed by atoms with van der Waals surface area (Å²) in [7, 11) is 1.73. The lowest BCUT2D eigenvalue weighted by Crippen LogP contribution is -2.09. The fourth-order valence-corrected chi connectivity index (χ4v) is 4.27. The predicted octanol–water partition coefficient (Wildman–Crippen LogP) is 5.60. The van der Waals surface area contributed by atoms with Crippen molar-refractivity contribution in [1.82, 2.24) is 9.38 Å². The number of pyridine rings is 1. The summed E-state index contributed by atoms with van der Waals surface area (Å²) in [5.41, 5.74) is 7.68. The normalized spacial score (nSPS) is 15.5. The molecule has 1 fully saturated rings. The molecule has 26 heavy (non-hydrogen) atoms. The molecule has 1 aliphatic carbocycles. The number of aromatic nitrogens is 2. The lowest BCUT2D eigenvalue weighted by molar-refractivity contribution is 0.414. The van der Waals surface area contributed by atoms with Gasteiger partial charge in [0.05, 0.1) is 18.5 Å². The first-order valence-corrected chi connectivity index (χ1v) is 9.76. The van der Waals surface area contributed by atoms with Crippen molar-refractivity contribution in [3.05, 3.63) is 64.6 Å². The molecule has 2 aromatic heterocycles. The summed E-state index contributed by atoms with van der Waals surface area (Å²) < 4.78 is 7.69. The van der Waals surface area contributed by atoms with Gasteiger partial charge in [0.1, 0.15) is 11.4 Å². The van der Waals surface area contributed by atoms with E-state index < -0.39 is 0 Å². The van der Waals surface area contributed by atoms with Gasteiger partial charge in [-0.15, -0.1) is 0 Å². The monoisotopic (exact) mass is 348 g/mol. The molecule has 0 spiro atoms. The molecular weight excluding hydrogens is 320 g/mol. The second-order valence-electron chi connectivity index (χ2n) is 7.68. The number of benzene rings is 1. The van der Waals surface area contributed by atoms with Crippen LogP contribution in [-0.4, -0.2) is 16.5 Å². The summed E-state index contributed by atoms with van der Waals surface area (Å²) in [5.74, 6) is 1.53. The van der Waals surface area contributed by atoms with Crippen LogP contribution in [-0.2, 0) is 6.42 Å². The molecule has 0 bridgehead atoms. The van der Waals surface area contributed by atoms with Gasteiger partial charge in [0.25, 0.3) is 0 Å². The molecule has 3 aromatic rings. The molecule has 0 amide bonds. The van der Waals surface area contributed by atoms with Gasteiger partial charge < -0.3 is 9.14 Å². The number of hydrogen-bond acceptors (Lipinski definition) is 2. The highest BCUT2D eigenvalue weighted by Crippen LogP contribution is 2.35. The Morgan fingerprint density at radius 3 is 2.62 bits per heavy atom.